The largest absolute Gasteiger partial charge is 0.388 e. The van der Waals surface area contributed by atoms with Crippen molar-refractivity contribution in [1.82, 2.24) is 0 Å². The van der Waals surface area contributed by atoms with Crippen LogP contribution in [0.25, 0.3) is 10.8 Å². The molecule has 0 spiro atoms. The van der Waals surface area contributed by atoms with Crippen LogP contribution in [0, 0.1) is 23.2 Å². The molecule has 6 rings (SSSR count). The van der Waals surface area contributed by atoms with E-state index in [0.29, 0.717) is 5.41 Å². The van der Waals surface area contributed by atoms with Crippen LogP contribution in [-0.2, 0) is 0 Å². The Morgan fingerprint density at radius 1 is 1.00 bits per heavy atom. The predicted molar refractivity (Wildman–Crippen MR) is 71.0 cm³/mol. The van der Waals surface area contributed by atoms with Crippen molar-refractivity contribution in [1.29, 1.82) is 0 Å². The zero-order valence-corrected chi connectivity index (χ0v) is 10.2. The number of hydrogen-bond donors (Lipinski definition) is 1. The summed E-state index contributed by atoms with van der Waals surface area (Å²) < 4.78 is 0. The van der Waals surface area contributed by atoms with Gasteiger partial charge in [-0.3, -0.25) is 0 Å². The second-order valence-electron chi connectivity index (χ2n) is 6.29. The van der Waals surface area contributed by atoms with Gasteiger partial charge in [-0.25, -0.2) is 0 Å². The van der Waals surface area contributed by atoms with Crippen LogP contribution in [0.4, 0.5) is 0 Å². The summed E-state index contributed by atoms with van der Waals surface area (Å²) in [7, 11) is 0. The summed E-state index contributed by atoms with van der Waals surface area (Å²) in [6.07, 6.45) is 2.49. The summed E-state index contributed by atoms with van der Waals surface area (Å²) >= 11 is 0. The van der Waals surface area contributed by atoms with Crippen LogP contribution in [0.15, 0.2) is 42.5 Å². The lowest BCUT2D eigenvalue weighted by atomic mass is 9.91. The summed E-state index contributed by atoms with van der Waals surface area (Å²) in [4.78, 5) is 0. The third-order valence-corrected chi connectivity index (χ3v) is 5.89. The quantitative estimate of drug-likeness (QED) is 0.845. The molecule has 2 bridgehead atoms. The Balaban J connectivity index is 1.67. The van der Waals surface area contributed by atoms with Gasteiger partial charge in [-0.05, 0) is 46.9 Å². The van der Waals surface area contributed by atoms with Gasteiger partial charge in [0.05, 0.1) is 6.10 Å². The topological polar surface area (TPSA) is 20.2 Å². The molecule has 0 aliphatic heterocycles. The van der Waals surface area contributed by atoms with Gasteiger partial charge in [-0.2, -0.15) is 0 Å². The number of rotatable bonds is 2. The van der Waals surface area contributed by atoms with E-state index in [9.17, 15) is 5.11 Å². The Hall–Kier alpha value is -1.34. The maximum absolute atomic E-state index is 10.8. The minimum Gasteiger partial charge on any atom is -0.388 e. The molecule has 4 fully saturated rings. The molecule has 2 aromatic rings. The van der Waals surface area contributed by atoms with Gasteiger partial charge in [0, 0.05) is 5.41 Å². The molecule has 1 nitrogen and oxygen atoms in total. The Morgan fingerprint density at radius 2 is 1.72 bits per heavy atom. The molecule has 0 heterocycles. The van der Waals surface area contributed by atoms with E-state index >= 15 is 0 Å². The molecule has 0 radical (unpaired) electrons. The maximum atomic E-state index is 10.8. The first-order valence-corrected chi connectivity index (χ1v) is 7.01. The highest BCUT2D eigenvalue weighted by Gasteiger charge is 2.91. The molecule has 1 N–H and O–H groups in total. The second-order valence-corrected chi connectivity index (χ2v) is 6.29. The van der Waals surface area contributed by atoms with Gasteiger partial charge in [0.15, 0.2) is 0 Å². The van der Waals surface area contributed by atoms with E-state index in [1.165, 1.54) is 23.6 Å². The molecule has 3 atom stereocenters. The fourth-order valence-corrected chi connectivity index (χ4v) is 5.07. The van der Waals surface area contributed by atoms with Crippen molar-refractivity contribution in [3.63, 3.8) is 0 Å². The van der Waals surface area contributed by atoms with E-state index in [-0.39, 0.29) is 6.10 Å². The van der Waals surface area contributed by atoms with Crippen molar-refractivity contribution in [3.05, 3.63) is 48.0 Å². The number of aliphatic hydroxyl groups excluding tert-OH is 1. The fraction of sp³-hybridized carbons (Fsp3) is 0.412. The highest BCUT2D eigenvalue weighted by molar-refractivity contribution is 5.86. The molecule has 2 aromatic carbocycles. The van der Waals surface area contributed by atoms with Gasteiger partial charge in [-0.1, -0.05) is 42.5 Å². The Bertz CT molecular complexity index is 633. The van der Waals surface area contributed by atoms with Crippen molar-refractivity contribution in [2.45, 2.75) is 18.9 Å². The molecule has 4 saturated carbocycles. The minimum atomic E-state index is -0.230. The summed E-state index contributed by atoms with van der Waals surface area (Å²) in [5.41, 5.74) is 1.47. The first kappa shape index (κ1) is 9.57. The molecular formula is C17H16O. The molecule has 3 unspecified atom stereocenters. The smallest absolute Gasteiger partial charge is 0.0860 e. The Labute approximate surface area is 106 Å². The molecule has 90 valence electrons. The van der Waals surface area contributed by atoms with Gasteiger partial charge < -0.3 is 5.11 Å². The minimum absolute atomic E-state index is 0.230. The molecule has 1 heteroatoms. The van der Waals surface area contributed by atoms with Crippen LogP contribution in [0.1, 0.15) is 24.5 Å². The molecule has 0 aromatic heterocycles. The summed E-state index contributed by atoms with van der Waals surface area (Å²) in [5, 5.41) is 13.3. The third-order valence-electron chi connectivity index (χ3n) is 5.89. The van der Waals surface area contributed by atoms with Gasteiger partial charge >= 0.3 is 0 Å². The monoisotopic (exact) mass is 236 g/mol. The second kappa shape index (κ2) is 2.80. The molecule has 0 amide bonds. The number of hydrogen-bond acceptors (Lipinski definition) is 1. The highest BCUT2D eigenvalue weighted by Crippen LogP contribution is 2.94. The van der Waals surface area contributed by atoms with Gasteiger partial charge in [0.2, 0.25) is 0 Å². The van der Waals surface area contributed by atoms with Gasteiger partial charge in [0.1, 0.15) is 0 Å². The number of aliphatic hydroxyl groups is 1. The summed E-state index contributed by atoms with van der Waals surface area (Å²) in [6.45, 7) is 0. The van der Waals surface area contributed by atoms with Crippen molar-refractivity contribution in [2.24, 2.45) is 23.2 Å². The van der Waals surface area contributed by atoms with Crippen molar-refractivity contribution < 1.29 is 5.11 Å². The van der Waals surface area contributed by atoms with Crippen LogP contribution in [0.2, 0.25) is 0 Å². The molecule has 0 saturated heterocycles. The third kappa shape index (κ3) is 0.852. The van der Waals surface area contributed by atoms with Crippen LogP contribution in [0.3, 0.4) is 0 Å². The molecule has 4 aliphatic rings. The fourth-order valence-electron chi connectivity index (χ4n) is 5.07. The number of benzene rings is 2. The van der Waals surface area contributed by atoms with Crippen LogP contribution >= 0.6 is 0 Å². The average molecular weight is 236 g/mol. The van der Waals surface area contributed by atoms with E-state index in [2.05, 4.69) is 42.5 Å². The maximum Gasteiger partial charge on any atom is 0.0860 e. The normalized spacial score (nSPS) is 40.6. The lowest BCUT2D eigenvalue weighted by Gasteiger charge is -2.19. The van der Waals surface area contributed by atoms with Crippen molar-refractivity contribution in [3.8, 4) is 0 Å². The zero-order valence-electron chi connectivity index (χ0n) is 10.2. The van der Waals surface area contributed by atoms with E-state index in [0.717, 1.165) is 23.3 Å². The molecule has 18 heavy (non-hydrogen) atoms. The van der Waals surface area contributed by atoms with E-state index < -0.39 is 0 Å². The lowest BCUT2D eigenvalue weighted by Crippen LogP contribution is -2.11. The predicted octanol–water partition coefficient (Wildman–Crippen LogP) is 3.53. The van der Waals surface area contributed by atoms with Gasteiger partial charge in [-0.15, -0.1) is 0 Å². The highest BCUT2D eigenvalue weighted by atomic mass is 16.3. The van der Waals surface area contributed by atoms with E-state index in [1.807, 2.05) is 0 Å². The Kier molecular flexibility index (Phi) is 1.49. The van der Waals surface area contributed by atoms with Crippen molar-refractivity contribution >= 4 is 10.8 Å². The Morgan fingerprint density at radius 3 is 2.50 bits per heavy atom. The summed E-state index contributed by atoms with van der Waals surface area (Å²) in [6, 6.07) is 14.8. The number of fused-ring (bicyclic) bond motifs is 2. The standard InChI is InChI=1S/C17H16O/c18-16(17-13-8-9-14(17)15(13)17)12-7-3-5-10-4-1-2-6-11(10)12/h1-7,13-16,18H,8-9H2. The SMILES string of the molecule is OC(c1cccc2ccccc12)C12C3CCC1C32. The first-order chi connectivity index (χ1) is 8.85. The first-order valence-electron chi connectivity index (χ1n) is 7.01. The van der Waals surface area contributed by atoms with Crippen LogP contribution in [-0.4, -0.2) is 5.11 Å². The van der Waals surface area contributed by atoms with Gasteiger partial charge in [0.25, 0.3) is 0 Å². The molecular weight excluding hydrogens is 220 g/mol. The van der Waals surface area contributed by atoms with E-state index in [1.54, 1.807) is 0 Å². The van der Waals surface area contributed by atoms with Crippen molar-refractivity contribution in [2.75, 3.05) is 0 Å². The van der Waals surface area contributed by atoms with E-state index in [4.69, 9.17) is 0 Å². The van der Waals surface area contributed by atoms with Crippen LogP contribution < -0.4 is 0 Å². The zero-order chi connectivity index (χ0) is 11.9. The molecule has 4 aliphatic carbocycles. The van der Waals surface area contributed by atoms with Crippen LogP contribution in [0.5, 0.6) is 0 Å². The summed E-state index contributed by atoms with van der Waals surface area (Å²) in [5.74, 6) is 2.56. The lowest BCUT2D eigenvalue weighted by molar-refractivity contribution is 0.108. The average Bonchev–Trinajstić information content (AvgIpc) is 3.12.